The second kappa shape index (κ2) is 6.85. The van der Waals surface area contributed by atoms with Crippen LogP contribution in [0.1, 0.15) is 18.1 Å². The van der Waals surface area contributed by atoms with Crippen LogP contribution < -0.4 is 10.0 Å². The monoisotopic (exact) mass is 364 g/mol. The van der Waals surface area contributed by atoms with E-state index in [1.54, 1.807) is 6.92 Å². The maximum Gasteiger partial charge on any atom is 0.427 e. The second-order valence-electron chi connectivity index (χ2n) is 4.75. The molecule has 0 heterocycles. The Morgan fingerprint density at radius 2 is 1.58 bits per heavy atom. The molecule has 0 bridgehead atoms. The van der Waals surface area contributed by atoms with Crippen LogP contribution in [0.4, 0.5) is 26.3 Å². The minimum atomic E-state index is -4.09. The molecule has 0 aliphatic carbocycles. The summed E-state index contributed by atoms with van der Waals surface area (Å²) in [4.78, 5) is 0. The highest BCUT2D eigenvalue weighted by Crippen LogP contribution is 2.33. The van der Waals surface area contributed by atoms with E-state index < -0.39 is 46.0 Å². The van der Waals surface area contributed by atoms with E-state index in [1.165, 1.54) is 12.2 Å². The third-order valence-corrected chi connectivity index (χ3v) is 3.64. The third kappa shape index (κ3) is 3.56. The lowest BCUT2D eigenvalue weighted by Crippen LogP contribution is -2.28. The van der Waals surface area contributed by atoms with Crippen molar-refractivity contribution in [3.05, 3.63) is 64.7 Å². The predicted octanol–water partition coefficient (Wildman–Crippen LogP) is 4.90. The lowest BCUT2D eigenvalue weighted by Gasteiger charge is -2.21. The van der Waals surface area contributed by atoms with Crippen LogP contribution in [0.5, 0.6) is 5.75 Å². The van der Waals surface area contributed by atoms with Crippen LogP contribution in [-0.4, -0.2) is 0 Å². The topological polar surface area (TPSA) is 9.23 Å². The van der Waals surface area contributed by atoms with Crippen molar-refractivity contribution in [2.75, 3.05) is 0 Å². The molecule has 2 rings (SSSR count). The highest BCUT2D eigenvalue weighted by atomic mass is 31.0. The average Bonchev–Trinajstić information content (AvgIpc) is 2.49. The van der Waals surface area contributed by atoms with E-state index >= 15 is 0 Å². The maximum atomic E-state index is 14.2. The standard InChI is InChI=1S/C16H11F6OP/c1-2-3-8-4-5-10(15(24)13(8)19)16(21,22)23-9-6-11(17)14(20)12(18)7-9/h2-7H,24H2,1H3/b3-2+. The average molecular weight is 364 g/mol. The summed E-state index contributed by atoms with van der Waals surface area (Å²) in [6.07, 6.45) is -1.18. The van der Waals surface area contributed by atoms with Crippen molar-refractivity contribution in [1.29, 1.82) is 0 Å². The second-order valence-corrected chi connectivity index (χ2v) is 5.33. The number of benzene rings is 2. The molecule has 1 unspecified atom stereocenters. The van der Waals surface area contributed by atoms with Crippen molar-refractivity contribution in [3.8, 4) is 5.75 Å². The first-order valence-electron chi connectivity index (χ1n) is 6.60. The highest BCUT2D eigenvalue weighted by Gasteiger charge is 2.38. The SMILES string of the molecule is C/C=C/c1ccc(C(F)(F)Oc2cc(F)c(F)c(F)c2)c(P)c1F. The molecule has 2 aromatic carbocycles. The molecule has 0 spiro atoms. The summed E-state index contributed by atoms with van der Waals surface area (Å²) in [5, 5.41) is -0.460. The normalized spacial score (nSPS) is 12.0. The summed E-state index contributed by atoms with van der Waals surface area (Å²) in [6, 6.07) is 2.59. The Kier molecular flexibility index (Phi) is 5.23. The van der Waals surface area contributed by atoms with Gasteiger partial charge in [-0.15, -0.1) is 9.24 Å². The summed E-state index contributed by atoms with van der Waals surface area (Å²) in [5.74, 6) is -7.00. The van der Waals surface area contributed by atoms with Gasteiger partial charge in [0.1, 0.15) is 11.6 Å². The molecular formula is C16H11F6OP. The lowest BCUT2D eigenvalue weighted by atomic mass is 10.1. The first-order chi connectivity index (χ1) is 11.2. The molecule has 0 aliphatic heterocycles. The zero-order valence-corrected chi connectivity index (χ0v) is 13.4. The van der Waals surface area contributed by atoms with E-state index in [4.69, 9.17) is 0 Å². The molecule has 1 atom stereocenters. The molecular weight excluding hydrogens is 353 g/mol. The van der Waals surface area contributed by atoms with E-state index in [-0.39, 0.29) is 17.7 Å². The number of alkyl halides is 2. The van der Waals surface area contributed by atoms with Crippen molar-refractivity contribution in [1.82, 2.24) is 0 Å². The molecule has 0 aliphatic rings. The van der Waals surface area contributed by atoms with E-state index in [1.807, 2.05) is 9.24 Å². The summed E-state index contributed by atoms with van der Waals surface area (Å²) in [5.41, 5.74) is -0.760. The number of hydrogen-bond donors (Lipinski definition) is 0. The molecule has 128 valence electrons. The third-order valence-electron chi connectivity index (χ3n) is 3.07. The Balaban J connectivity index is 2.42. The van der Waals surface area contributed by atoms with E-state index in [2.05, 4.69) is 4.74 Å². The summed E-state index contributed by atoms with van der Waals surface area (Å²) >= 11 is 0. The lowest BCUT2D eigenvalue weighted by molar-refractivity contribution is -0.185. The predicted molar refractivity (Wildman–Crippen MR) is 81.3 cm³/mol. The highest BCUT2D eigenvalue weighted by molar-refractivity contribution is 7.27. The van der Waals surface area contributed by atoms with Gasteiger partial charge >= 0.3 is 6.11 Å². The largest absolute Gasteiger partial charge is 0.429 e. The van der Waals surface area contributed by atoms with Crippen LogP contribution in [0.2, 0.25) is 0 Å². The Bertz CT molecular complexity index is 780. The molecule has 8 heteroatoms. The molecule has 1 nitrogen and oxygen atoms in total. The van der Waals surface area contributed by atoms with Crippen molar-refractivity contribution >= 4 is 20.6 Å². The van der Waals surface area contributed by atoms with Crippen LogP contribution in [0, 0.1) is 23.3 Å². The van der Waals surface area contributed by atoms with Gasteiger partial charge in [-0.25, -0.2) is 17.6 Å². The number of ether oxygens (including phenoxy) is 1. The Morgan fingerprint density at radius 1 is 1.00 bits per heavy atom. The van der Waals surface area contributed by atoms with Gasteiger partial charge in [0.25, 0.3) is 0 Å². The van der Waals surface area contributed by atoms with Gasteiger partial charge < -0.3 is 4.74 Å². The van der Waals surface area contributed by atoms with E-state index in [0.29, 0.717) is 0 Å². The van der Waals surface area contributed by atoms with Gasteiger partial charge in [0.15, 0.2) is 17.5 Å². The quantitative estimate of drug-likeness (QED) is 0.426. The first-order valence-corrected chi connectivity index (χ1v) is 7.17. The van der Waals surface area contributed by atoms with Crippen molar-refractivity contribution in [2.45, 2.75) is 13.0 Å². The number of halogens is 6. The fourth-order valence-electron chi connectivity index (χ4n) is 1.97. The van der Waals surface area contributed by atoms with E-state index in [0.717, 1.165) is 12.1 Å². The van der Waals surface area contributed by atoms with Gasteiger partial charge in [0.05, 0.1) is 5.56 Å². The van der Waals surface area contributed by atoms with Crippen LogP contribution in [0.25, 0.3) is 6.08 Å². The van der Waals surface area contributed by atoms with Crippen LogP contribution in [0.3, 0.4) is 0 Å². The molecule has 0 aromatic heterocycles. The van der Waals surface area contributed by atoms with Gasteiger partial charge in [0, 0.05) is 23.0 Å². The molecule has 2 aromatic rings. The minimum Gasteiger partial charge on any atom is -0.429 e. The molecule has 24 heavy (non-hydrogen) atoms. The molecule has 0 radical (unpaired) electrons. The Hall–Kier alpha value is -2.01. The first kappa shape index (κ1) is 18.3. The van der Waals surface area contributed by atoms with Gasteiger partial charge in [-0.05, 0) is 13.0 Å². The van der Waals surface area contributed by atoms with Gasteiger partial charge in [0.2, 0.25) is 0 Å². The zero-order valence-electron chi connectivity index (χ0n) is 12.2. The zero-order chi connectivity index (χ0) is 18.1. The Labute approximate surface area is 136 Å². The van der Waals surface area contributed by atoms with Crippen molar-refractivity contribution in [2.24, 2.45) is 0 Å². The maximum absolute atomic E-state index is 14.2. The molecule has 0 saturated carbocycles. The summed E-state index contributed by atoms with van der Waals surface area (Å²) < 4.78 is 85.8. The Morgan fingerprint density at radius 3 is 2.12 bits per heavy atom. The van der Waals surface area contributed by atoms with Gasteiger partial charge in [-0.2, -0.15) is 8.78 Å². The summed E-state index contributed by atoms with van der Waals surface area (Å²) in [7, 11) is 1.83. The number of hydrogen-bond acceptors (Lipinski definition) is 1. The number of allylic oxidation sites excluding steroid dienone is 1. The van der Waals surface area contributed by atoms with Crippen LogP contribution in [-0.2, 0) is 6.11 Å². The molecule has 0 N–H and O–H groups in total. The molecule has 0 amide bonds. The van der Waals surface area contributed by atoms with E-state index in [9.17, 15) is 26.3 Å². The number of rotatable bonds is 4. The van der Waals surface area contributed by atoms with Crippen molar-refractivity contribution in [3.63, 3.8) is 0 Å². The smallest absolute Gasteiger partial charge is 0.427 e. The van der Waals surface area contributed by atoms with Gasteiger partial charge in [-0.1, -0.05) is 18.2 Å². The fraction of sp³-hybridized carbons (Fsp3) is 0.125. The fourth-order valence-corrected chi connectivity index (χ4v) is 2.40. The van der Waals surface area contributed by atoms with Crippen molar-refractivity contribution < 1.29 is 31.1 Å². The van der Waals surface area contributed by atoms with Crippen LogP contribution in [0.15, 0.2) is 30.3 Å². The minimum absolute atomic E-state index is 0.0842. The summed E-state index contributed by atoms with van der Waals surface area (Å²) in [6.45, 7) is 1.63. The molecule has 0 saturated heterocycles. The van der Waals surface area contributed by atoms with Gasteiger partial charge in [-0.3, -0.25) is 0 Å². The van der Waals surface area contributed by atoms with Crippen LogP contribution >= 0.6 is 9.24 Å². The molecule has 0 fully saturated rings.